The van der Waals surface area contributed by atoms with E-state index in [0.717, 1.165) is 48.6 Å². The van der Waals surface area contributed by atoms with Crippen LogP contribution in [-0.2, 0) is 0 Å². The molecule has 0 radical (unpaired) electrons. The van der Waals surface area contributed by atoms with Gasteiger partial charge in [0.15, 0.2) is 0 Å². The summed E-state index contributed by atoms with van der Waals surface area (Å²) in [5, 5.41) is 3.54. The van der Waals surface area contributed by atoms with Gasteiger partial charge in [0.25, 0.3) is 5.56 Å². The highest BCUT2D eigenvalue weighted by Gasteiger charge is 2.25. The number of nitrogen functional groups attached to an aromatic ring is 1. The molecule has 0 amide bonds. The summed E-state index contributed by atoms with van der Waals surface area (Å²) in [5.74, 6) is 0.621. The zero-order chi connectivity index (χ0) is 26.8. The third-order valence-electron chi connectivity index (χ3n) is 7.09. The van der Waals surface area contributed by atoms with Crippen molar-refractivity contribution in [3.8, 4) is 11.4 Å². The topological polar surface area (TPSA) is 131 Å². The van der Waals surface area contributed by atoms with Gasteiger partial charge >= 0.3 is 0 Å². The molecule has 5 N–H and O–H groups in total. The number of nitrogens with zero attached hydrogens (tertiary/aromatic N) is 5. The van der Waals surface area contributed by atoms with Crippen molar-refractivity contribution in [3.05, 3.63) is 64.3 Å². The second-order valence-corrected chi connectivity index (χ2v) is 10.1. The Morgan fingerprint density at radius 1 is 1.13 bits per heavy atom. The van der Waals surface area contributed by atoms with Crippen LogP contribution >= 0.6 is 0 Å². The summed E-state index contributed by atoms with van der Waals surface area (Å²) in [6.07, 6.45) is 3.32. The Bertz CT molecular complexity index is 1500. The van der Waals surface area contributed by atoms with E-state index < -0.39 is 0 Å². The van der Waals surface area contributed by atoms with Gasteiger partial charge in [-0.3, -0.25) is 14.8 Å². The van der Waals surface area contributed by atoms with Crippen molar-refractivity contribution in [1.82, 2.24) is 24.8 Å². The third-order valence-corrected chi connectivity index (χ3v) is 7.09. The normalized spacial score (nSPS) is 15.6. The standard InChI is InChI=1S/C28H35N9O/c1-17(2)25(20-7-5-6-10-31-20)35-26-23(28(38)34-22(16-30-3)24(26)29)27-32-19-9-8-18(15-21(19)33-27)37-13-11-36(4)12-14-37/h5-10,15-17,25H,11-14,29H2,1-4H3,(H,32,33)(H2,34,35,38). The van der Waals surface area contributed by atoms with Crippen LogP contribution in [0.25, 0.3) is 22.4 Å². The van der Waals surface area contributed by atoms with Crippen LogP contribution in [0.1, 0.15) is 31.3 Å². The maximum Gasteiger partial charge on any atom is 0.261 e. The van der Waals surface area contributed by atoms with E-state index in [-0.39, 0.29) is 17.5 Å². The highest BCUT2D eigenvalue weighted by Crippen LogP contribution is 2.35. The van der Waals surface area contributed by atoms with E-state index in [9.17, 15) is 4.79 Å². The first-order valence-corrected chi connectivity index (χ1v) is 12.9. The summed E-state index contributed by atoms with van der Waals surface area (Å²) < 4.78 is 0. The van der Waals surface area contributed by atoms with Crippen LogP contribution in [0.15, 0.2) is 52.4 Å². The molecule has 1 fully saturated rings. The number of rotatable bonds is 7. The van der Waals surface area contributed by atoms with Crippen molar-refractivity contribution in [2.45, 2.75) is 19.9 Å². The highest BCUT2D eigenvalue weighted by atomic mass is 16.1. The minimum absolute atomic E-state index is 0.168. The number of fused-ring (bicyclic) bond motifs is 1. The molecule has 10 heteroatoms. The van der Waals surface area contributed by atoms with Crippen LogP contribution in [0.4, 0.5) is 17.1 Å². The number of aromatic amines is 2. The predicted molar refractivity (Wildman–Crippen MR) is 155 cm³/mol. The van der Waals surface area contributed by atoms with Crippen LogP contribution in [-0.4, -0.2) is 71.3 Å². The fourth-order valence-electron chi connectivity index (χ4n) is 4.92. The number of aromatic nitrogens is 4. The summed E-state index contributed by atoms with van der Waals surface area (Å²) in [4.78, 5) is 37.9. The number of hydrogen-bond donors (Lipinski definition) is 4. The molecular weight excluding hydrogens is 478 g/mol. The lowest BCUT2D eigenvalue weighted by Gasteiger charge is -2.34. The van der Waals surface area contributed by atoms with Gasteiger partial charge in [0.1, 0.15) is 11.4 Å². The molecule has 10 nitrogen and oxygen atoms in total. The minimum atomic E-state index is -0.307. The van der Waals surface area contributed by atoms with Gasteiger partial charge in [-0.15, -0.1) is 0 Å². The number of aliphatic imine (C=N–C) groups is 1. The fraction of sp³-hybridized carbons (Fsp3) is 0.357. The van der Waals surface area contributed by atoms with Gasteiger partial charge < -0.3 is 30.8 Å². The number of imidazole rings is 1. The highest BCUT2D eigenvalue weighted by molar-refractivity contribution is 5.95. The number of hydrogen-bond acceptors (Lipinski definition) is 8. The lowest BCUT2D eigenvalue weighted by atomic mass is 9.99. The summed E-state index contributed by atoms with van der Waals surface area (Å²) >= 11 is 0. The largest absolute Gasteiger partial charge is 0.395 e. The molecule has 1 atom stereocenters. The Morgan fingerprint density at radius 2 is 1.92 bits per heavy atom. The minimum Gasteiger partial charge on any atom is -0.395 e. The number of piperazine rings is 1. The van der Waals surface area contributed by atoms with E-state index >= 15 is 0 Å². The summed E-state index contributed by atoms with van der Waals surface area (Å²) in [6.45, 7) is 8.19. The molecule has 1 unspecified atom stereocenters. The molecule has 1 saturated heterocycles. The monoisotopic (exact) mass is 513 g/mol. The van der Waals surface area contributed by atoms with Gasteiger partial charge in [0.05, 0.1) is 39.8 Å². The molecule has 0 aliphatic carbocycles. The maximum absolute atomic E-state index is 13.5. The molecule has 1 aliphatic rings. The molecule has 3 aromatic heterocycles. The van der Waals surface area contributed by atoms with E-state index in [1.165, 1.54) is 0 Å². The molecule has 5 rings (SSSR count). The number of benzene rings is 1. The molecule has 0 spiro atoms. The van der Waals surface area contributed by atoms with Crippen molar-refractivity contribution in [2.24, 2.45) is 10.9 Å². The van der Waals surface area contributed by atoms with Gasteiger partial charge in [0.2, 0.25) is 0 Å². The summed E-state index contributed by atoms with van der Waals surface area (Å²) in [5.41, 5.74) is 11.7. The average Bonchev–Trinajstić information content (AvgIpc) is 3.33. The lowest BCUT2D eigenvalue weighted by molar-refractivity contribution is 0.313. The number of likely N-dealkylation sites (N-methyl/N-ethyl adjacent to an activating group) is 1. The lowest BCUT2D eigenvalue weighted by Crippen LogP contribution is -2.44. The molecule has 0 saturated carbocycles. The first-order valence-electron chi connectivity index (χ1n) is 12.9. The van der Waals surface area contributed by atoms with E-state index in [4.69, 9.17) is 10.7 Å². The van der Waals surface area contributed by atoms with Crippen LogP contribution in [0, 0.1) is 5.92 Å². The van der Waals surface area contributed by atoms with Crippen LogP contribution in [0.3, 0.4) is 0 Å². The fourth-order valence-corrected chi connectivity index (χ4v) is 4.92. The van der Waals surface area contributed by atoms with Crippen molar-refractivity contribution in [2.75, 3.05) is 56.2 Å². The Morgan fingerprint density at radius 3 is 2.61 bits per heavy atom. The zero-order valence-corrected chi connectivity index (χ0v) is 22.3. The van der Waals surface area contributed by atoms with Crippen LogP contribution < -0.4 is 21.5 Å². The average molecular weight is 514 g/mol. The van der Waals surface area contributed by atoms with Gasteiger partial charge in [-0.05, 0) is 43.3 Å². The molecule has 1 aliphatic heterocycles. The molecule has 4 heterocycles. The Kier molecular flexibility index (Phi) is 7.15. The molecule has 198 valence electrons. The van der Waals surface area contributed by atoms with Gasteiger partial charge in [-0.2, -0.15) is 0 Å². The third kappa shape index (κ3) is 4.99. The van der Waals surface area contributed by atoms with E-state index in [2.05, 4.69) is 68.1 Å². The van der Waals surface area contributed by atoms with E-state index in [1.54, 1.807) is 19.5 Å². The first kappa shape index (κ1) is 25.5. The van der Waals surface area contributed by atoms with Crippen LogP contribution in [0.5, 0.6) is 0 Å². The SMILES string of the molecule is CN=Cc1[nH]c(=O)c(-c2nc3ccc(N4CCN(C)CC4)cc3[nH]2)c(NC(c2ccccn2)C(C)C)c1N. The molecule has 4 aromatic rings. The maximum atomic E-state index is 13.5. The zero-order valence-electron chi connectivity index (χ0n) is 22.3. The van der Waals surface area contributed by atoms with Gasteiger partial charge in [-0.25, -0.2) is 4.98 Å². The number of pyridine rings is 2. The second kappa shape index (κ2) is 10.7. The van der Waals surface area contributed by atoms with E-state index in [0.29, 0.717) is 28.5 Å². The van der Waals surface area contributed by atoms with Crippen molar-refractivity contribution >= 4 is 34.3 Å². The van der Waals surface area contributed by atoms with Crippen molar-refractivity contribution in [1.29, 1.82) is 0 Å². The second-order valence-electron chi connectivity index (χ2n) is 10.1. The van der Waals surface area contributed by atoms with E-state index in [1.807, 2.05) is 24.3 Å². The van der Waals surface area contributed by atoms with Crippen molar-refractivity contribution in [3.63, 3.8) is 0 Å². The predicted octanol–water partition coefficient (Wildman–Crippen LogP) is 3.51. The number of nitrogens with one attached hydrogen (secondary N) is 3. The molecule has 38 heavy (non-hydrogen) atoms. The smallest absolute Gasteiger partial charge is 0.261 e. The molecular formula is C28H35N9O. The number of H-pyrrole nitrogens is 2. The summed E-state index contributed by atoms with van der Waals surface area (Å²) in [6, 6.07) is 11.8. The van der Waals surface area contributed by atoms with Crippen LogP contribution in [0.2, 0.25) is 0 Å². The number of nitrogens with two attached hydrogens (primary N) is 1. The molecule has 0 bridgehead atoms. The van der Waals surface area contributed by atoms with Gasteiger partial charge in [-0.1, -0.05) is 19.9 Å². The Labute approximate surface area is 222 Å². The Balaban J connectivity index is 1.60. The first-order chi connectivity index (χ1) is 18.4. The van der Waals surface area contributed by atoms with Crippen molar-refractivity contribution < 1.29 is 0 Å². The molecule has 1 aromatic carbocycles. The number of anilines is 3. The quantitative estimate of drug-likeness (QED) is 0.278. The van der Waals surface area contributed by atoms with Gasteiger partial charge in [0, 0.05) is 51.3 Å². The Hall–Kier alpha value is -4.18. The summed E-state index contributed by atoms with van der Waals surface area (Å²) in [7, 11) is 3.78.